The lowest BCUT2D eigenvalue weighted by molar-refractivity contribution is -0.151. The number of hydrogen-bond donors (Lipinski definition) is 0. The first kappa shape index (κ1) is 12.2. The summed E-state index contributed by atoms with van der Waals surface area (Å²) in [7, 11) is 0. The molecule has 0 amide bonds. The van der Waals surface area contributed by atoms with Crippen molar-refractivity contribution >= 4 is 17.6 Å². The Labute approximate surface area is 106 Å². The van der Waals surface area contributed by atoms with Gasteiger partial charge in [-0.15, -0.1) is 0 Å². The average Bonchev–Trinajstić information content (AvgIpc) is 2.72. The molecule has 0 bridgehead atoms. The summed E-state index contributed by atoms with van der Waals surface area (Å²) in [6.45, 7) is 2.52. The van der Waals surface area contributed by atoms with E-state index in [1.807, 2.05) is 6.07 Å². The summed E-state index contributed by atoms with van der Waals surface area (Å²) >= 11 is 5.88. The molecule has 17 heavy (non-hydrogen) atoms. The molecule has 1 aromatic carbocycles. The van der Waals surface area contributed by atoms with E-state index >= 15 is 0 Å². The van der Waals surface area contributed by atoms with Crippen LogP contribution in [0.1, 0.15) is 25.3 Å². The van der Waals surface area contributed by atoms with Crippen LogP contribution in [0.25, 0.3) is 0 Å². The molecule has 0 spiro atoms. The van der Waals surface area contributed by atoms with Gasteiger partial charge in [0.25, 0.3) is 0 Å². The maximum atomic E-state index is 11.7. The second kappa shape index (κ2) is 5.41. The average molecular weight is 255 g/mol. The molecule has 4 heteroatoms. The van der Waals surface area contributed by atoms with Gasteiger partial charge in [-0.25, -0.2) is 4.79 Å². The highest BCUT2D eigenvalue weighted by Gasteiger charge is 2.30. The maximum Gasteiger partial charge on any atom is 0.347 e. The normalized spacial score (nSPS) is 17.4. The zero-order chi connectivity index (χ0) is 12.3. The van der Waals surface area contributed by atoms with E-state index in [1.54, 1.807) is 12.1 Å². The van der Waals surface area contributed by atoms with Gasteiger partial charge in [0.1, 0.15) is 5.75 Å². The van der Waals surface area contributed by atoms with E-state index in [9.17, 15) is 4.79 Å². The fourth-order valence-corrected chi connectivity index (χ4v) is 1.95. The summed E-state index contributed by atoms with van der Waals surface area (Å²) in [5, 5.41) is 0.660. The molecule has 3 nitrogen and oxygen atoms in total. The zero-order valence-electron chi connectivity index (χ0n) is 9.74. The number of halogens is 1. The molecule has 92 valence electrons. The minimum Gasteiger partial charge on any atom is -0.478 e. The number of benzene rings is 1. The van der Waals surface area contributed by atoms with Crippen LogP contribution in [0.4, 0.5) is 0 Å². The highest BCUT2D eigenvalue weighted by Crippen LogP contribution is 2.31. The Bertz CT molecular complexity index is 417. The number of unbranched alkanes of at least 4 members (excludes halogenated alkanes) is 1. The van der Waals surface area contributed by atoms with Crippen molar-refractivity contribution in [2.24, 2.45) is 0 Å². The molecule has 0 aromatic heterocycles. The first-order chi connectivity index (χ1) is 8.20. The van der Waals surface area contributed by atoms with Crippen molar-refractivity contribution in [1.29, 1.82) is 0 Å². The maximum absolute atomic E-state index is 11.7. The van der Waals surface area contributed by atoms with Crippen molar-refractivity contribution in [3.05, 3.63) is 28.8 Å². The summed E-state index contributed by atoms with van der Waals surface area (Å²) in [5.74, 6) is 0.442. The number of ether oxygens (including phenoxy) is 2. The van der Waals surface area contributed by atoms with Gasteiger partial charge in [-0.2, -0.15) is 0 Å². The van der Waals surface area contributed by atoms with Crippen LogP contribution >= 0.6 is 11.6 Å². The van der Waals surface area contributed by atoms with Crippen molar-refractivity contribution in [1.82, 2.24) is 0 Å². The second-order valence-electron chi connectivity index (χ2n) is 4.08. The molecule has 1 aromatic rings. The van der Waals surface area contributed by atoms with E-state index in [4.69, 9.17) is 21.1 Å². The SMILES string of the molecule is CCCCOC(=O)C1Cc2cc(Cl)ccc2O1. The minimum absolute atomic E-state index is 0.286. The lowest BCUT2D eigenvalue weighted by Gasteiger charge is -2.09. The Balaban J connectivity index is 1.93. The number of rotatable bonds is 4. The van der Waals surface area contributed by atoms with Crippen LogP contribution in [0.3, 0.4) is 0 Å². The number of fused-ring (bicyclic) bond motifs is 1. The molecule has 0 N–H and O–H groups in total. The Morgan fingerprint density at radius 2 is 2.41 bits per heavy atom. The van der Waals surface area contributed by atoms with Gasteiger partial charge in [0.15, 0.2) is 6.10 Å². The van der Waals surface area contributed by atoms with Gasteiger partial charge in [-0.1, -0.05) is 24.9 Å². The molecule has 1 atom stereocenters. The van der Waals surface area contributed by atoms with E-state index in [1.165, 1.54) is 0 Å². The molecular formula is C13H15ClO3. The number of carbonyl (C=O) groups excluding carboxylic acids is 1. The van der Waals surface area contributed by atoms with Crippen LogP contribution in [0, 0.1) is 0 Å². The second-order valence-corrected chi connectivity index (χ2v) is 4.52. The van der Waals surface area contributed by atoms with Gasteiger partial charge in [-0.3, -0.25) is 0 Å². The third-order valence-corrected chi connectivity index (χ3v) is 2.94. The van der Waals surface area contributed by atoms with Gasteiger partial charge < -0.3 is 9.47 Å². The van der Waals surface area contributed by atoms with E-state index < -0.39 is 6.10 Å². The highest BCUT2D eigenvalue weighted by atomic mass is 35.5. The standard InChI is InChI=1S/C13H15ClO3/c1-2-3-6-16-13(15)12-8-9-7-10(14)4-5-11(9)17-12/h4-5,7,12H,2-3,6,8H2,1H3. The van der Waals surface area contributed by atoms with E-state index in [2.05, 4.69) is 6.92 Å². The molecule has 0 radical (unpaired) electrons. The molecule has 0 fully saturated rings. The van der Waals surface area contributed by atoms with Crippen LogP contribution < -0.4 is 4.74 Å². The summed E-state index contributed by atoms with van der Waals surface area (Å²) in [5.41, 5.74) is 0.968. The van der Waals surface area contributed by atoms with Gasteiger partial charge in [0.05, 0.1) is 6.61 Å². The Kier molecular flexibility index (Phi) is 3.89. The smallest absolute Gasteiger partial charge is 0.347 e. The van der Waals surface area contributed by atoms with Crippen molar-refractivity contribution in [2.45, 2.75) is 32.3 Å². The molecule has 0 saturated carbocycles. The van der Waals surface area contributed by atoms with Gasteiger partial charge in [0, 0.05) is 11.4 Å². The number of hydrogen-bond acceptors (Lipinski definition) is 3. The molecule has 1 aliphatic rings. The predicted molar refractivity (Wildman–Crippen MR) is 65.4 cm³/mol. The van der Waals surface area contributed by atoms with E-state index in [0.717, 1.165) is 24.2 Å². The number of esters is 1. The fourth-order valence-electron chi connectivity index (χ4n) is 1.76. The van der Waals surface area contributed by atoms with Crippen LogP contribution in [-0.4, -0.2) is 18.7 Å². The van der Waals surface area contributed by atoms with Crippen LogP contribution in [0.5, 0.6) is 5.75 Å². The zero-order valence-corrected chi connectivity index (χ0v) is 10.5. The predicted octanol–water partition coefficient (Wildman–Crippen LogP) is 2.99. The van der Waals surface area contributed by atoms with Gasteiger partial charge in [0.2, 0.25) is 0 Å². The van der Waals surface area contributed by atoms with Gasteiger partial charge >= 0.3 is 5.97 Å². The lowest BCUT2D eigenvalue weighted by Crippen LogP contribution is -2.27. The molecule has 1 unspecified atom stereocenters. The first-order valence-electron chi connectivity index (χ1n) is 5.82. The minimum atomic E-state index is -0.514. The Hall–Kier alpha value is -1.22. The molecule has 1 aliphatic heterocycles. The summed E-state index contributed by atoms with van der Waals surface area (Å²) < 4.78 is 10.7. The largest absolute Gasteiger partial charge is 0.478 e. The highest BCUT2D eigenvalue weighted by molar-refractivity contribution is 6.30. The van der Waals surface area contributed by atoms with E-state index in [0.29, 0.717) is 18.1 Å². The summed E-state index contributed by atoms with van der Waals surface area (Å²) in [6.07, 6.45) is 1.92. The van der Waals surface area contributed by atoms with Crippen LogP contribution in [0.2, 0.25) is 5.02 Å². The number of carbonyl (C=O) groups is 1. The van der Waals surface area contributed by atoms with Gasteiger partial charge in [-0.05, 0) is 30.2 Å². The van der Waals surface area contributed by atoms with Crippen molar-refractivity contribution < 1.29 is 14.3 Å². The topological polar surface area (TPSA) is 35.5 Å². The van der Waals surface area contributed by atoms with E-state index in [-0.39, 0.29) is 5.97 Å². The quantitative estimate of drug-likeness (QED) is 0.612. The van der Waals surface area contributed by atoms with Crippen molar-refractivity contribution in [2.75, 3.05) is 6.61 Å². The Morgan fingerprint density at radius 1 is 1.59 bits per heavy atom. The third-order valence-electron chi connectivity index (χ3n) is 2.70. The first-order valence-corrected chi connectivity index (χ1v) is 6.20. The lowest BCUT2D eigenvalue weighted by atomic mass is 10.1. The van der Waals surface area contributed by atoms with Crippen LogP contribution in [0.15, 0.2) is 18.2 Å². The summed E-state index contributed by atoms with van der Waals surface area (Å²) in [4.78, 5) is 11.7. The molecular weight excluding hydrogens is 240 g/mol. The summed E-state index contributed by atoms with van der Waals surface area (Å²) in [6, 6.07) is 5.37. The fraction of sp³-hybridized carbons (Fsp3) is 0.462. The monoisotopic (exact) mass is 254 g/mol. The van der Waals surface area contributed by atoms with Crippen molar-refractivity contribution in [3.63, 3.8) is 0 Å². The van der Waals surface area contributed by atoms with Crippen molar-refractivity contribution in [3.8, 4) is 5.75 Å². The van der Waals surface area contributed by atoms with Crippen LogP contribution in [-0.2, 0) is 16.0 Å². The molecule has 2 rings (SSSR count). The third kappa shape index (κ3) is 2.91. The molecule has 0 aliphatic carbocycles. The molecule has 1 heterocycles. The Morgan fingerprint density at radius 3 is 3.18 bits per heavy atom. The molecule has 0 saturated heterocycles.